The Labute approximate surface area is 122 Å². The number of halogens is 1. The van der Waals surface area contributed by atoms with E-state index >= 15 is 0 Å². The third-order valence-corrected chi connectivity index (χ3v) is 3.50. The fourth-order valence-corrected chi connectivity index (χ4v) is 2.38. The molecule has 0 radical (unpaired) electrons. The first kappa shape index (κ1) is 15.3. The SMILES string of the molecule is O=C(O)[C@@H]1CCCN(C(=O)CCOc2cccc(F)c2)C1. The van der Waals surface area contributed by atoms with E-state index in [1.807, 2.05) is 0 Å². The molecule has 1 aliphatic heterocycles. The number of rotatable bonds is 5. The smallest absolute Gasteiger partial charge is 0.308 e. The van der Waals surface area contributed by atoms with Crippen LogP contribution in [0.3, 0.4) is 0 Å². The van der Waals surface area contributed by atoms with Crippen LogP contribution < -0.4 is 4.74 Å². The molecule has 1 N–H and O–H groups in total. The molecule has 1 aliphatic rings. The van der Waals surface area contributed by atoms with Gasteiger partial charge >= 0.3 is 5.97 Å². The van der Waals surface area contributed by atoms with E-state index in [-0.39, 0.29) is 31.3 Å². The third kappa shape index (κ3) is 4.44. The number of carbonyl (C=O) groups is 2. The minimum Gasteiger partial charge on any atom is -0.493 e. The van der Waals surface area contributed by atoms with Gasteiger partial charge in [0.05, 0.1) is 18.9 Å². The molecule has 1 amide bonds. The molecule has 1 atom stereocenters. The monoisotopic (exact) mass is 295 g/mol. The fraction of sp³-hybridized carbons (Fsp3) is 0.467. The first-order valence-electron chi connectivity index (χ1n) is 6.95. The average molecular weight is 295 g/mol. The van der Waals surface area contributed by atoms with E-state index in [1.54, 1.807) is 11.0 Å². The Morgan fingerprint density at radius 1 is 1.43 bits per heavy atom. The van der Waals surface area contributed by atoms with Crippen LogP contribution in [0.15, 0.2) is 24.3 Å². The molecule has 114 valence electrons. The molecule has 0 unspecified atom stereocenters. The van der Waals surface area contributed by atoms with Crippen molar-refractivity contribution in [1.82, 2.24) is 4.90 Å². The molecule has 1 saturated heterocycles. The van der Waals surface area contributed by atoms with E-state index in [9.17, 15) is 14.0 Å². The van der Waals surface area contributed by atoms with Gasteiger partial charge in [0, 0.05) is 19.2 Å². The lowest BCUT2D eigenvalue weighted by Crippen LogP contribution is -2.42. The number of carbonyl (C=O) groups excluding carboxylic acids is 1. The zero-order chi connectivity index (χ0) is 15.2. The number of hydrogen-bond donors (Lipinski definition) is 1. The number of amides is 1. The van der Waals surface area contributed by atoms with E-state index in [2.05, 4.69) is 0 Å². The van der Waals surface area contributed by atoms with Gasteiger partial charge in [-0.15, -0.1) is 0 Å². The summed E-state index contributed by atoms with van der Waals surface area (Å²) in [6.07, 6.45) is 1.47. The van der Waals surface area contributed by atoms with Gasteiger partial charge in [0.2, 0.25) is 5.91 Å². The summed E-state index contributed by atoms with van der Waals surface area (Å²) in [5.74, 6) is -1.48. The van der Waals surface area contributed by atoms with Crippen molar-refractivity contribution in [1.29, 1.82) is 0 Å². The Balaban J connectivity index is 1.78. The van der Waals surface area contributed by atoms with Crippen LogP contribution in [0.4, 0.5) is 4.39 Å². The molecule has 6 heteroatoms. The zero-order valence-electron chi connectivity index (χ0n) is 11.6. The molecule has 21 heavy (non-hydrogen) atoms. The maximum Gasteiger partial charge on any atom is 0.308 e. The van der Waals surface area contributed by atoms with Gasteiger partial charge < -0.3 is 14.7 Å². The summed E-state index contributed by atoms with van der Waals surface area (Å²) in [5, 5.41) is 8.99. The van der Waals surface area contributed by atoms with E-state index in [0.29, 0.717) is 25.1 Å². The van der Waals surface area contributed by atoms with Gasteiger partial charge in [-0.2, -0.15) is 0 Å². The first-order valence-corrected chi connectivity index (χ1v) is 6.95. The Kier molecular flexibility index (Phi) is 5.14. The zero-order valence-corrected chi connectivity index (χ0v) is 11.6. The highest BCUT2D eigenvalue weighted by Gasteiger charge is 2.27. The molecule has 1 heterocycles. The number of carboxylic acid groups (broad SMARTS) is 1. The Hall–Kier alpha value is -2.11. The van der Waals surface area contributed by atoms with Crippen LogP contribution >= 0.6 is 0 Å². The van der Waals surface area contributed by atoms with Crippen molar-refractivity contribution in [3.05, 3.63) is 30.1 Å². The van der Waals surface area contributed by atoms with Crippen molar-refractivity contribution in [3.8, 4) is 5.75 Å². The molecule has 1 aromatic rings. The highest BCUT2D eigenvalue weighted by atomic mass is 19.1. The van der Waals surface area contributed by atoms with Crippen LogP contribution in [-0.2, 0) is 9.59 Å². The highest BCUT2D eigenvalue weighted by Crippen LogP contribution is 2.18. The predicted molar refractivity (Wildman–Crippen MR) is 73.5 cm³/mol. The van der Waals surface area contributed by atoms with Crippen LogP contribution in [0.2, 0.25) is 0 Å². The van der Waals surface area contributed by atoms with Crippen molar-refractivity contribution < 1.29 is 23.8 Å². The number of carboxylic acids is 1. The van der Waals surface area contributed by atoms with Crippen molar-refractivity contribution >= 4 is 11.9 Å². The molecule has 2 rings (SSSR count). The van der Waals surface area contributed by atoms with Gasteiger partial charge in [-0.05, 0) is 25.0 Å². The maximum absolute atomic E-state index is 13.0. The van der Waals surface area contributed by atoms with E-state index in [1.165, 1.54) is 18.2 Å². The molecule has 1 aromatic carbocycles. The van der Waals surface area contributed by atoms with Crippen molar-refractivity contribution in [2.75, 3.05) is 19.7 Å². The van der Waals surface area contributed by atoms with Gasteiger partial charge in [-0.25, -0.2) is 4.39 Å². The summed E-state index contributed by atoms with van der Waals surface area (Å²) in [7, 11) is 0. The number of nitrogens with zero attached hydrogens (tertiary/aromatic N) is 1. The molecule has 0 spiro atoms. The number of ether oxygens (including phenoxy) is 1. The topological polar surface area (TPSA) is 66.8 Å². The second-order valence-electron chi connectivity index (χ2n) is 5.07. The fourth-order valence-electron chi connectivity index (χ4n) is 2.38. The van der Waals surface area contributed by atoms with Gasteiger partial charge in [0.1, 0.15) is 11.6 Å². The van der Waals surface area contributed by atoms with Crippen molar-refractivity contribution in [3.63, 3.8) is 0 Å². The quantitative estimate of drug-likeness (QED) is 0.901. The minimum absolute atomic E-state index is 0.127. The van der Waals surface area contributed by atoms with Crippen LogP contribution in [-0.4, -0.2) is 41.6 Å². The lowest BCUT2D eigenvalue weighted by atomic mass is 9.98. The molecule has 5 nitrogen and oxygen atoms in total. The lowest BCUT2D eigenvalue weighted by Gasteiger charge is -2.30. The van der Waals surface area contributed by atoms with Gasteiger partial charge in [-0.1, -0.05) is 6.07 Å². The summed E-state index contributed by atoms with van der Waals surface area (Å²) in [5.41, 5.74) is 0. The number of aliphatic carboxylic acids is 1. The molecular weight excluding hydrogens is 277 g/mol. The second-order valence-corrected chi connectivity index (χ2v) is 5.07. The maximum atomic E-state index is 13.0. The molecule has 0 aromatic heterocycles. The molecule has 0 saturated carbocycles. The van der Waals surface area contributed by atoms with Crippen LogP contribution in [0.1, 0.15) is 19.3 Å². The van der Waals surface area contributed by atoms with E-state index in [0.717, 1.165) is 0 Å². The summed E-state index contributed by atoms with van der Waals surface area (Å²) >= 11 is 0. The largest absolute Gasteiger partial charge is 0.493 e. The summed E-state index contributed by atoms with van der Waals surface area (Å²) in [4.78, 5) is 24.5. The highest BCUT2D eigenvalue weighted by molar-refractivity contribution is 5.78. The molecule has 1 fully saturated rings. The van der Waals surface area contributed by atoms with E-state index < -0.39 is 11.9 Å². The van der Waals surface area contributed by atoms with Crippen LogP contribution in [0, 0.1) is 11.7 Å². The minimum atomic E-state index is -0.858. The third-order valence-electron chi connectivity index (χ3n) is 3.50. The van der Waals surface area contributed by atoms with Gasteiger partial charge in [-0.3, -0.25) is 9.59 Å². The first-order chi connectivity index (χ1) is 10.1. The number of hydrogen-bond acceptors (Lipinski definition) is 3. The predicted octanol–water partition coefficient (Wildman–Crippen LogP) is 1.92. The van der Waals surface area contributed by atoms with Crippen molar-refractivity contribution in [2.45, 2.75) is 19.3 Å². The number of likely N-dealkylation sites (tertiary alicyclic amines) is 1. The number of piperidine rings is 1. The van der Waals surface area contributed by atoms with Crippen molar-refractivity contribution in [2.24, 2.45) is 5.92 Å². The van der Waals surface area contributed by atoms with Gasteiger partial charge in [0.25, 0.3) is 0 Å². The number of benzene rings is 1. The summed E-state index contributed by atoms with van der Waals surface area (Å²) in [6.45, 7) is 0.993. The molecule has 0 bridgehead atoms. The van der Waals surface area contributed by atoms with E-state index in [4.69, 9.17) is 9.84 Å². The second kappa shape index (κ2) is 7.06. The Morgan fingerprint density at radius 3 is 2.95 bits per heavy atom. The lowest BCUT2D eigenvalue weighted by molar-refractivity contribution is -0.145. The Bertz CT molecular complexity index is 520. The summed E-state index contributed by atoms with van der Waals surface area (Å²) in [6, 6.07) is 5.73. The Morgan fingerprint density at radius 2 is 2.24 bits per heavy atom. The summed E-state index contributed by atoms with van der Waals surface area (Å²) < 4.78 is 18.3. The standard InChI is InChI=1S/C15H18FNO4/c16-12-4-1-5-13(9-12)21-8-6-14(18)17-7-2-3-11(10-17)15(19)20/h1,4-5,9,11H,2-3,6-8,10H2,(H,19,20)/t11-/m1/s1. The average Bonchev–Trinajstić information content (AvgIpc) is 2.47. The van der Waals surface area contributed by atoms with Crippen LogP contribution in [0.5, 0.6) is 5.75 Å². The normalized spacial score (nSPS) is 18.3. The molecule has 0 aliphatic carbocycles. The van der Waals surface area contributed by atoms with Crippen LogP contribution in [0.25, 0.3) is 0 Å². The molecular formula is C15H18FNO4. The van der Waals surface area contributed by atoms with Gasteiger partial charge in [0.15, 0.2) is 0 Å².